The van der Waals surface area contributed by atoms with Crippen LogP contribution >= 0.6 is 27.7 Å². The van der Waals surface area contributed by atoms with Gasteiger partial charge in [-0.25, -0.2) is 22.5 Å². The first kappa shape index (κ1) is 69.6. The minimum atomic E-state index is -3.58. The zero-order chi connectivity index (χ0) is 59.5. The molecule has 1 saturated heterocycles. The van der Waals surface area contributed by atoms with Crippen molar-refractivity contribution in [3.05, 3.63) is 88.9 Å². The van der Waals surface area contributed by atoms with Crippen LogP contribution in [0.25, 0.3) is 11.0 Å². The van der Waals surface area contributed by atoms with Crippen molar-refractivity contribution in [1.82, 2.24) is 34.7 Å². The molecule has 4 unspecified atom stereocenters. The molecule has 0 bridgehead atoms. The summed E-state index contributed by atoms with van der Waals surface area (Å²) < 4.78 is 109. The molecular weight excluding hydrogens is 1160 g/mol. The van der Waals surface area contributed by atoms with Gasteiger partial charge in [-0.1, -0.05) is 61.7 Å². The van der Waals surface area contributed by atoms with E-state index in [9.17, 15) is 18.0 Å². The molecule has 4 N–H and O–H groups in total. The zero-order valence-corrected chi connectivity index (χ0v) is 49.8. The Kier molecular flexibility index (Phi) is 33.7. The number of fused-ring (bicyclic) bond motifs is 1. The fraction of sp³-hybridized carbons (Fsp3) is 0.623. The van der Waals surface area contributed by atoms with Crippen molar-refractivity contribution in [3.8, 4) is 5.75 Å². The largest absolute Gasteiger partial charge is 0.420 e. The number of anilines is 1. The summed E-state index contributed by atoms with van der Waals surface area (Å²) >= 11 is 6.42. The highest BCUT2D eigenvalue weighted by molar-refractivity contribution is 7.72. The molecule has 2 aromatic carbocycles. The number of halogens is 4. The van der Waals surface area contributed by atoms with Crippen molar-refractivity contribution in [3.63, 3.8) is 0 Å². The first-order chi connectivity index (χ1) is 40.2. The molecule has 0 spiro atoms. The number of nitrogens with one attached hydrogen (secondary N) is 1. The van der Waals surface area contributed by atoms with Gasteiger partial charge in [-0.15, -0.1) is 5.10 Å². The summed E-state index contributed by atoms with van der Waals surface area (Å²) in [7, 11) is -2.98. The lowest BCUT2D eigenvalue weighted by Gasteiger charge is -2.21. The lowest BCUT2D eigenvalue weighted by atomic mass is 10.1. The number of carbonyl (C=O) groups is 1. The summed E-state index contributed by atoms with van der Waals surface area (Å²) in [6, 6.07) is 10.6. The van der Waals surface area contributed by atoms with Gasteiger partial charge in [-0.05, 0) is 43.1 Å². The minimum Gasteiger partial charge on any atom is -0.420 e. The number of esters is 1. The molecule has 5 aromatic rings. The SMILES string of the molecule is C1CC1.CCC1CCC(n2ncc3c(NC(COCCOCCOCCOCCOCc4cn(CCOCCOCCOCCOCCC(=O)Oc5c(F)cc(F)cc5F)nn4)c4ccccc4)nc(Cl)nc32)O1.COP(C)C[P+](O)(O)O. The molecule has 2 aliphatic rings. The molecule has 2 fully saturated rings. The third kappa shape index (κ3) is 29.2. The second-order valence-corrected chi connectivity index (χ2v) is 23.0. The van der Waals surface area contributed by atoms with E-state index in [2.05, 4.69) is 42.4 Å². The molecule has 24 nitrogen and oxygen atoms in total. The zero-order valence-electron chi connectivity index (χ0n) is 47.2. The van der Waals surface area contributed by atoms with E-state index in [-0.39, 0.29) is 55.8 Å². The van der Waals surface area contributed by atoms with Gasteiger partial charge >= 0.3 is 13.9 Å². The fourth-order valence-electron chi connectivity index (χ4n) is 7.32. The van der Waals surface area contributed by atoms with Crippen molar-refractivity contribution >= 4 is 50.5 Å². The summed E-state index contributed by atoms with van der Waals surface area (Å²) in [6.45, 7) is 10.5. The third-order valence-electron chi connectivity index (χ3n) is 11.6. The summed E-state index contributed by atoms with van der Waals surface area (Å²) in [5.41, 5.74) is 2.34. The Hall–Kier alpha value is -4.22. The minimum absolute atomic E-state index is 0.0289. The van der Waals surface area contributed by atoms with Crippen LogP contribution in [0.3, 0.4) is 0 Å². The molecule has 4 heterocycles. The second kappa shape index (κ2) is 40.2. The number of hydrogen-bond donors (Lipinski definition) is 4. The Bertz CT molecular complexity index is 2540. The highest BCUT2D eigenvalue weighted by atomic mass is 35.5. The average molecular weight is 1240 g/mol. The summed E-state index contributed by atoms with van der Waals surface area (Å²) in [6.07, 6.45) is 10.6. The fourth-order valence-corrected chi connectivity index (χ4v) is 10.1. The number of carbonyl (C=O) groups excluding carboxylic acids is 1. The standard InChI is InChI=1S/C47H62ClF3N8O12.C3H11O4P2.C3H6/c1-2-37-8-9-42(70-37)59-46-38(30-52-59)45(54-47(48)55-46)53-41(34-6-4-3-5-7-34)33-69-27-25-67-23-21-65-20-22-66-24-26-68-32-36-31-58(57-56-36)11-13-62-15-17-64-19-18-63-16-14-61-12-10-43(60)71-44-39(50)28-35(49)29-40(44)51;1-7-8(2)3-9(4,5)6;1-2-3-1/h3-7,28-31,37,41-42H,2,8-27,32-33H2,1H3,(H,53,54,55);4-6H,3H2,1-2H3;1-3H2/q;+1;. The van der Waals surface area contributed by atoms with Gasteiger partial charge in [0.05, 0.1) is 170 Å². The van der Waals surface area contributed by atoms with Gasteiger partial charge in [0.25, 0.3) is 0 Å². The lowest BCUT2D eigenvalue weighted by molar-refractivity contribution is -0.136. The third-order valence-corrected chi connectivity index (χ3v) is 15.5. The van der Waals surface area contributed by atoms with Crippen molar-refractivity contribution < 1.29 is 89.3 Å². The van der Waals surface area contributed by atoms with E-state index < -0.39 is 45.3 Å². The highest BCUT2D eigenvalue weighted by Gasteiger charge is 2.33. The Morgan fingerprint density at radius 1 is 0.795 bits per heavy atom. The Morgan fingerprint density at radius 3 is 1.90 bits per heavy atom. The maximum Gasteiger partial charge on any atom is 0.410 e. The van der Waals surface area contributed by atoms with Crippen molar-refractivity contribution in [2.45, 2.75) is 83.4 Å². The first-order valence-electron chi connectivity index (χ1n) is 27.4. The molecule has 4 atom stereocenters. The van der Waals surface area contributed by atoms with Crippen LogP contribution in [-0.2, 0) is 69.8 Å². The van der Waals surface area contributed by atoms with E-state index >= 15 is 0 Å². The van der Waals surface area contributed by atoms with Crippen LogP contribution in [0.15, 0.2) is 54.9 Å². The maximum atomic E-state index is 13.6. The molecule has 83 heavy (non-hydrogen) atoms. The van der Waals surface area contributed by atoms with E-state index in [0.717, 1.165) is 30.2 Å². The Balaban J connectivity index is 0.000000939. The van der Waals surface area contributed by atoms with Gasteiger partial charge < -0.3 is 61.9 Å². The van der Waals surface area contributed by atoms with Crippen molar-refractivity contribution in [2.24, 2.45) is 0 Å². The number of hydrogen-bond acceptors (Lipinski definition) is 22. The normalized spacial score (nSPS) is 15.6. The van der Waals surface area contributed by atoms with Crippen LogP contribution in [0, 0.1) is 17.5 Å². The molecule has 7 rings (SSSR count). The van der Waals surface area contributed by atoms with Gasteiger partial charge in [-0.2, -0.15) is 29.7 Å². The molecule has 3 aromatic heterocycles. The van der Waals surface area contributed by atoms with Crippen LogP contribution in [0.2, 0.25) is 5.28 Å². The van der Waals surface area contributed by atoms with Gasteiger partial charge in [0.15, 0.2) is 29.4 Å². The highest BCUT2D eigenvalue weighted by Crippen LogP contribution is 2.55. The summed E-state index contributed by atoms with van der Waals surface area (Å²) in [5.74, 6) is -5.05. The average Bonchev–Trinajstić information content (AvgIpc) is 3.46. The van der Waals surface area contributed by atoms with Crippen LogP contribution < -0.4 is 10.1 Å². The topological polar surface area (TPSA) is 275 Å². The van der Waals surface area contributed by atoms with E-state index in [1.54, 1.807) is 28.4 Å². The molecular formula is C53H79ClF3N8O16P2+. The molecule has 464 valence electrons. The van der Waals surface area contributed by atoms with Crippen LogP contribution in [0.5, 0.6) is 5.75 Å². The predicted octanol–water partition coefficient (Wildman–Crippen LogP) is 7.60. The lowest BCUT2D eigenvalue weighted by Crippen LogP contribution is -2.20. The van der Waals surface area contributed by atoms with Gasteiger partial charge in [0.2, 0.25) is 11.0 Å². The number of ether oxygens (including phenoxy) is 11. The van der Waals surface area contributed by atoms with Crippen molar-refractivity contribution in [1.29, 1.82) is 0 Å². The number of rotatable bonds is 40. The van der Waals surface area contributed by atoms with Crippen LogP contribution in [-0.4, -0.2) is 193 Å². The summed E-state index contributed by atoms with van der Waals surface area (Å²) in [5, 5.41) is 17.2. The molecule has 1 aliphatic carbocycles. The smallest absolute Gasteiger partial charge is 0.410 e. The molecule has 0 radical (unpaired) electrons. The van der Waals surface area contributed by atoms with Gasteiger partial charge in [0, 0.05) is 19.2 Å². The van der Waals surface area contributed by atoms with E-state index in [0.29, 0.717) is 135 Å². The quantitative estimate of drug-likeness (QED) is 0.00966. The monoisotopic (exact) mass is 1240 g/mol. The van der Waals surface area contributed by atoms with Gasteiger partial charge in [0.1, 0.15) is 17.3 Å². The van der Waals surface area contributed by atoms with E-state index in [1.807, 2.05) is 30.3 Å². The first-order valence-corrected chi connectivity index (χ1v) is 31.5. The molecule has 0 amide bonds. The number of nitrogens with zero attached hydrogens (tertiary/aromatic N) is 7. The molecule has 1 aliphatic heterocycles. The van der Waals surface area contributed by atoms with Gasteiger partial charge in [-0.3, -0.25) is 4.79 Å². The Labute approximate surface area is 488 Å². The van der Waals surface area contributed by atoms with E-state index in [4.69, 9.17) is 78.2 Å². The number of benzene rings is 2. The van der Waals surface area contributed by atoms with Crippen LogP contribution in [0.4, 0.5) is 19.0 Å². The number of aromatic nitrogens is 7. The predicted molar refractivity (Wildman–Crippen MR) is 302 cm³/mol. The molecule has 1 saturated carbocycles. The second-order valence-electron chi connectivity index (χ2n) is 18.5. The van der Waals surface area contributed by atoms with Crippen molar-refractivity contribution in [2.75, 3.05) is 137 Å². The maximum absolute atomic E-state index is 13.6. The molecule has 30 heteroatoms. The van der Waals surface area contributed by atoms with E-state index in [1.165, 1.54) is 26.4 Å². The van der Waals surface area contributed by atoms with Crippen LogP contribution in [0.1, 0.15) is 75.4 Å². The Morgan fingerprint density at radius 2 is 1.36 bits per heavy atom. The summed E-state index contributed by atoms with van der Waals surface area (Å²) in [4.78, 5) is 46.2.